The molecule has 0 aliphatic heterocycles. The molecule has 0 aromatic heterocycles. The van der Waals surface area contributed by atoms with Crippen LogP contribution < -0.4 is 16.6 Å². The van der Waals surface area contributed by atoms with Gasteiger partial charge in [0.2, 0.25) is 0 Å². The fourth-order valence-electron chi connectivity index (χ4n) is 1.19. The van der Waals surface area contributed by atoms with Gasteiger partial charge in [-0.1, -0.05) is 12.8 Å². The summed E-state index contributed by atoms with van der Waals surface area (Å²) >= 11 is 0. The van der Waals surface area contributed by atoms with Crippen molar-refractivity contribution >= 4 is 45.3 Å². The highest BCUT2D eigenvalue weighted by Gasteiger charge is 1.94. The number of carboxylic acid groups (broad SMARTS) is 2. The zero-order valence-electron chi connectivity index (χ0n) is 13.2. The van der Waals surface area contributed by atoms with Gasteiger partial charge in [0.05, 0.1) is 0 Å². The van der Waals surface area contributed by atoms with Crippen molar-refractivity contribution in [1.29, 1.82) is 0 Å². The number of rotatable bonds is 10. The summed E-state index contributed by atoms with van der Waals surface area (Å²) in [6.45, 7) is 1.33. The molecule has 0 amide bonds. The molecule has 0 aromatic carbocycles. The summed E-state index contributed by atoms with van der Waals surface area (Å²) in [5.74, 6) is -1.43. The Kier molecular flexibility index (Phi) is 29.3. The van der Waals surface area contributed by atoms with Gasteiger partial charge in [0.25, 0.3) is 0 Å². The second kappa shape index (κ2) is 22.5. The van der Waals surface area contributed by atoms with Gasteiger partial charge in [0, 0.05) is 12.8 Å². The molecule has 0 aromatic rings. The van der Waals surface area contributed by atoms with Crippen LogP contribution >= 0.6 is 0 Å². The van der Waals surface area contributed by atoms with Gasteiger partial charge in [0.1, 0.15) is 0 Å². The highest BCUT2D eigenvalue weighted by Crippen LogP contribution is 1.97. The number of carbonyl (C=O) groups is 2. The van der Waals surface area contributed by atoms with Crippen LogP contribution in [0, 0.1) is 0 Å². The van der Waals surface area contributed by atoms with Gasteiger partial charge >= 0.3 is 45.3 Å². The van der Waals surface area contributed by atoms with Gasteiger partial charge in [-0.25, -0.2) is 5.14 Å². The third kappa shape index (κ3) is 68.3. The van der Waals surface area contributed by atoms with Crippen LogP contribution in [0.3, 0.4) is 0 Å². The average Bonchev–Trinajstić information content (AvgIpc) is 2.38. The predicted molar refractivity (Wildman–Crippen MR) is 94.6 cm³/mol. The van der Waals surface area contributed by atoms with Crippen molar-refractivity contribution in [3.63, 3.8) is 0 Å². The summed E-state index contributed by atoms with van der Waals surface area (Å²) in [7, 11) is -4.17. The molecule has 0 heterocycles. The van der Waals surface area contributed by atoms with Gasteiger partial charge in [-0.3, -0.25) is 14.1 Å². The standard InChI is InChI=1S/2C6H13NO2.Mg.H3NO3S.2H/c2*7-5-3-1-2-4-6(8)9;;1-5(2,3)4;;/h2*1-5,7H2,(H,8,9);;(H3,1,2,3,4);;. The van der Waals surface area contributed by atoms with Gasteiger partial charge in [-0.15, -0.1) is 0 Å². The van der Waals surface area contributed by atoms with E-state index in [2.05, 4.69) is 5.14 Å². The van der Waals surface area contributed by atoms with E-state index in [0.29, 0.717) is 13.1 Å². The molecule has 0 saturated carbocycles. The van der Waals surface area contributed by atoms with E-state index in [1.807, 2.05) is 0 Å². The SMILES string of the molecule is NCCCCCC(=O)O.NCCCCCC(=O)O.NS(=O)(=O)O.[MgH2]. The van der Waals surface area contributed by atoms with Crippen LogP contribution in [0.25, 0.3) is 0 Å². The fraction of sp³-hybridized carbons (Fsp3) is 0.833. The quantitative estimate of drug-likeness (QED) is 0.155. The third-order valence-electron chi connectivity index (χ3n) is 2.19. The van der Waals surface area contributed by atoms with Crippen LogP contribution in [-0.4, -0.2) is 71.3 Å². The summed E-state index contributed by atoms with van der Waals surface area (Å²) in [5, 5.41) is 20.2. The molecule has 10 nitrogen and oxygen atoms in total. The van der Waals surface area contributed by atoms with Crippen molar-refractivity contribution in [2.45, 2.75) is 51.4 Å². The summed E-state index contributed by atoms with van der Waals surface area (Å²) in [4.78, 5) is 19.9. The van der Waals surface area contributed by atoms with E-state index in [-0.39, 0.29) is 35.9 Å². The molecule has 24 heavy (non-hydrogen) atoms. The first-order valence-electron chi connectivity index (χ1n) is 7.13. The topological polar surface area (TPSA) is 207 Å². The lowest BCUT2D eigenvalue weighted by atomic mass is 10.2. The lowest BCUT2D eigenvalue weighted by molar-refractivity contribution is -0.138. The first kappa shape index (κ1) is 31.3. The molecule has 0 aliphatic carbocycles. The Balaban J connectivity index is -0.000000128. The highest BCUT2D eigenvalue weighted by atomic mass is 32.2. The van der Waals surface area contributed by atoms with Crippen molar-refractivity contribution in [3.05, 3.63) is 0 Å². The van der Waals surface area contributed by atoms with E-state index in [0.717, 1.165) is 38.5 Å². The molecular formula is C12H31MgN3O7S. The van der Waals surface area contributed by atoms with E-state index in [9.17, 15) is 9.59 Å². The molecule has 0 atom stereocenters. The van der Waals surface area contributed by atoms with Crippen molar-refractivity contribution in [1.82, 2.24) is 0 Å². The van der Waals surface area contributed by atoms with E-state index < -0.39 is 22.2 Å². The van der Waals surface area contributed by atoms with Gasteiger partial charge in [-0.2, -0.15) is 8.42 Å². The Hall–Kier alpha value is -0.504. The van der Waals surface area contributed by atoms with Gasteiger partial charge < -0.3 is 21.7 Å². The predicted octanol–water partition coefficient (Wildman–Crippen LogP) is -0.988. The van der Waals surface area contributed by atoms with Gasteiger partial charge in [-0.05, 0) is 38.8 Å². The van der Waals surface area contributed by atoms with Crippen molar-refractivity contribution in [2.24, 2.45) is 16.6 Å². The van der Waals surface area contributed by atoms with Crippen LogP contribution in [0.2, 0.25) is 0 Å². The number of nitrogens with two attached hydrogens (primary N) is 3. The molecule has 0 radical (unpaired) electrons. The maximum absolute atomic E-state index is 9.93. The van der Waals surface area contributed by atoms with Crippen molar-refractivity contribution in [3.8, 4) is 0 Å². The monoisotopic (exact) mass is 385 g/mol. The highest BCUT2D eigenvalue weighted by molar-refractivity contribution is 7.83. The minimum absolute atomic E-state index is 0. The minimum Gasteiger partial charge on any atom is -0.481 e. The maximum Gasteiger partial charge on any atom is 0.330 e. The number of hydrogen-bond donors (Lipinski definition) is 6. The number of aliphatic carboxylic acids is 2. The largest absolute Gasteiger partial charge is 0.481 e. The molecule has 0 unspecified atom stereocenters. The van der Waals surface area contributed by atoms with Crippen molar-refractivity contribution < 1.29 is 32.8 Å². The number of carboxylic acids is 2. The smallest absolute Gasteiger partial charge is 0.330 e. The Bertz CT molecular complexity index is 364. The average molecular weight is 386 g/mol. The van der Waals surface area contributed by atoms with Crippen LogP contribution in [-0.2, 0) is 19.9 Å². The zero-order chi connectivity index (χ0) is 18.7. The van der Waals surface area contributed by atoms with E-state index in [1.165, 1.54) is 0 Å². The molecular weight excluding hydrogens is 355 g/mol. The summed E-state index contributed by atoms with van der Waals surface area (Å²) in [6.07, 6.45) is 5.81. The van der Waals surface area contributed by atoms with Crippen LogP contribution in [0.1, 0.15) is 51.4 Å². The Labute approximate surface area is 159 Å². The van der Waals surface area contributed by atoms with Crippen LogP contribution in [0.15, 0.2) is 0 Å². The lowest BCUT2D eigenvalue weighted by Gasteiger charge is -1.93. The number of unbranched alkanes of at least 4 members (excludes halogenated alkanes) is 4. The van der Waals surface area contributed by atoms with Gasteiger partial charge in [0.15, 0.2) is 0 Å². The Morgan fingerprint density at radius 2 is 1.00 bits per heavy atom. The normalized spacial score (nSPS) is 9.50. The molecule has 0 fully saturated rings. The summed E-state index contributed by atoms with van der Waals surface area (Å²) in [6, 6.07) is 0. The molecule has 0 saturated heterocycles. The zero-order valence-corrected chi connectivity index (χ0v) is 14.0. The Morgan fingerprint density at radius 1 is 0.750 bits per heavy atom. The Morgan fingerprint density at radius 3 is 1.17 bits per heavy atom. The third-order valence-corrected chi connectivity index (χ3v) is 2.19. The minimum atomic E-state index is -4.17. The second-order valence-corrected chi connectivity index (χ2v) is 5.53. The van der Waals surface area contributed by atoms with E-state index in [1.54, 1.807) is 0 Å². The second-order valence-electron chi connectivity index (χ2n) is 4.50. The summed E-state index contributed by atoms with van der Waals surface area (Å²) < 4.78 is 25.2. The van der Waals surface area contributed by atoms with E-state index >= 15 is 0 Å². The maximum atomic E-state index is 9.93. The number of hydrogen-bond acceptors (Lipinski definition) is 6. The lowest BCUT2D eigenvalue weighted by Crippen LogP contribution is -2.08. The first-order chi connectivity index (χ1) is 10.5. The molecule has 9 N–H and O–H groups in total. The summed E-state index contributed by atoms with van der Waals surface area (Å²) in [5.41, 5.74) is 10.4. The molecule has 0 bridgehead atoms. The fourth-order valence-corrected chi connectivity index (χ4v) is 1.19. The first-order valence-corrected chi connectivity index (χ1v) is 8.63. The van der Waals surface area contributed by atoms with Crippen LogP contribution in [0.5, 0.6) is 0 Å². The van der Waals surface area contributed by atoms with Crippen LogP contribution in [0.4, 0.5) is 0 Å². The molecule has 12 heteroatoms. The molecule has 0 rings (SSSR count). The molecule has 0 aliphatic rings. The van der Waals surface area contributed by atoms with E-state index in [4.69, 9.17) is 34.7 Å². The molecule has 144 valence electrons. The van der Waals surface area contributed by atoms with Crippen molar-refractivity contribution in [2.75, 3.05) is 13.1 Å². The molecule has 0 spiro atoms.